The van der Waals surface area contributed by atoms with Crippen LogP contribution in [-0.2, 0) is 14.8 Å². The van der Waals surface area contributed by atoms with Crippen LogP contribution < -0.4 is 14.4 Å². The van der Waals surface area contributed by atoms with Crippen LogP contribution >= 0.6 is 0 Å². The van der Waals surface area contributed by atoms with E-state index in [2.05, 4.69) is 5.32 Å². The average Bonchev–Trinajstić information content (AvgIpc) is 2.75. The summed E-state index contributed by atoms with van der Waals surface area (Å²) in [6.07, 6.45) is 0. The van der Waals surface area contributed by atoms with E-state index >= 15 is 0 Å². The van der Waals surface area contributed by atoms with Gasteiger partial charge in [0.05, 0.1) is 17.2 Å². The maximum atomic E-state index is 13.5. The summed E-state index contributed by atoms with van der Waals surface area (Å²) < 4.78 is 33.8. The first-order valence-corrected chi connectivity index (χ1v) is 11.4. The molecule has 3 rings (SSSR count). The molecule has 3 aromatic carbocycles. The minimum absolute atomic E-state index is 0.104. The molecule has 0 aromatic heterocycles. The number of hydrogen-bond acceptors (Lipinski definition) is 4. The molecule has 1 amide bonds. The largest absolute Gasteiger partial charge is 0.492 e. The SMILES string of the molecule is CCOc1ccccc1N(CC(=O)Nc1ccc(C)cc1)S(=O)(=O)c1ccc(C)cc1. The molecule has 31 heavy (non-hydrogen) atoms. The van der Waals surface area contributed by atoms with Gasteiger partial charge in [-0.15, -0.1) is 0 Å². The van der Waals surface area contributed by atoms with Crippen LogP contribution in [0, 0.1) is 13.8 Å². The Morgan fingerprint density at radius 1 is 0.903 bits per heavy atom. The Hall–Kier alpha value is -3.32. The van der Waals surface area contributed by atoms with Crippen molar-refractivity contribution in [3.63, 3.8) is 0 Å². The van der Waals surface area contributed by atoms with Crippen molar-refractivity contribution in [1.29, 1.82) is 0 Å². The highest BCUT2D eigenvalue weighted by atomic mass is 32.2. The summed E-state index contributed by atoms with van der Waals surface area (Å²) in [5, 5.41) is 2.77. The molecule has 6 nitrogen and oxygen atoms in total. The highest BCUT2D eigenvalue weighted by molar-refractivity contribution is 7.92. The summed E-state index contributed by atoms with van der Waals surface area (Å²) in [4.78, 5) is 12.9. The van der Waals surface area contributed by atoms with Crippen molar-refractivity contribution in [3.8, 4) is 5.75 Å². The second-order valence-electron chi connectivity index (χ2n) is 7.14. The molecule has 0 aliphatic heterocycles. The van der Waals surface area contributed by atoms with Crippen LogP contribution in [0.3, 0.4) is 0 Å². The molecule has 7 heteroatoms. The number of ether oxygens (including phenoxy) is 1. The lowest BCUT2D eigenvalue weighted by molar-refractivity contribution is -0.114. The molecule has 0 radical (unpaired) electrons. The zero-order valence-corrected chi connectivity index (χ0v) is 18.6. The van der Waals surface area contributed by atoms with E-state index in [4.69, 9.17) is 4.74 Å². The van der Waals surface area contributed by atoms with E-state index in [-0.39, 0.29) is 4.90 Å². The lowest BCUT2D eigenvalue weighted by atomic mass is 10.2. The summed E-state index contributed by atoms with van der Waals surface area (Å²) in [6.45, 7) is 5.62. The first-order valence-electron chi connectivity index (χ1n) is 9.99. The van der Waals surface area contributed by atoms with Crippen molar-refractivity contribution in [2.75, 3.05) is 22.8 Å². The van der Waals surface area contributed by atoms with E-state index in [1.54, 1.807) is 60.7 Å². The zero-order valence-electron chi connectivity index (χ0n) is 17.8. The minimum Gasteiger partial charge on any atom is -0.492 e. The molecule has 0 heterocycles. The number of benzene rings is 3. The third kappa shape index (κ3) is 5.44. The van der Waals surface area contributed by atoms with Gasteiger partial charge in [0.15, 0.2) is 0 Å². The highest BCUT2D eigenvalue weighted by Gasteiger charge is 2.29. The zero-order chi connectivity index (χ0) is 22.4. The van der Waals surface area contributed by atoms with Gasteiger partial charge in [-0.1, -0.05) is 47.5 Å². The fourth-order valence-corrected chi connectivity index (χ4v) is 4.48. The molecule has 0 unspecified atom stereocenters. The van der Waals surface area contributed by atoms with Gasteiger partial charge in [0.25, 0.3) is 10.0 Å². The standard InChI is InChI=1S/C24H26N2O4S/c1-4-30-23-8-6-5-7-22(23)26(31(28,29)21-15-11-19(3)12-16-21)17-24(27)25-20-13-9-18(2)10-14-20/h5-16H,4,17H2,1-3H3,(H,25,27). The molecule has 162 valence electrons. The van der Waals surface area contributed by atoms with Crippen molar-refractivity contribution in [3.05, 3.63) is 83.9 Å². The van der Waals surface area contributed by atoms with Crippen LogP contribution in [0.1, 0.15) is 18.1 Å². The van der Waals surface area contributed by atoms with Gasteiger partial charge in [0.1, 0.15) is 12.3 Å². The Morgan fingerprint density at radius 3 is 2.10 bits per heavy atom. The highest BCUT2D eigenvalue weighted by Crippen LogP contribution is 2.32. The first kappa shape index (κ1) is 22.4. The summed E-state index contributed by atoms with van der Waals surface area (Å²) in [6, 6.07) is 20.6. The van der Waals surface area contributed by atoms with Gasteiger partial charge in [-0.25, -0.2) is 8.42 Å². The second-order valence-corrected chi connectivity index (χ2v) is 9.00. The summed E-state index contributed by atoms with van der Waals surface area (Å²) >= 11 is 0. The lowest BCUT2D eigenvalue weighted by Gasteiger charge is -2.26. The number of sulfonamides is 1. The molecular formula is C24H26N2O4S. The third-order valence-electron chi connectivity index (χ3n) is 4.67. The van der Waals surface area contributed by atoms with Gasteiger partial charge in [0, 0.05) is 5.69 Å². The van der Waals surface area contributed by atoms with Gasteiger partial charge < -0.3 is 10.1 Å². The molecule has 0 saturated heterocycles. The van der Waals surface area contributed by atoms with E-state index < -0.39 is 22.5 Å². The maximum absolute atomic E-state index is 13.5. The predicted octanol–water partition coefficient (Wildman–Crippen LogP) is 4.54. The average molecular weight is 439 g/mol. The van der Waals surface area contributed by atoms with Gasteiger partial charge in [-0.3, -0.25) is 9.10 Å². The van der Waals surface area contributed by atoms with Crippen LogP contribution in [0.2, 0.25) is 0 Å². The van der Waals surface area contributed by atoms with E-state index in [0.29, 0.717) is 23.7 Å². The van der Waals surface area contributed by atoms with Gasteiger partial charge in [0.2, 0.25) is 5.91 Å². The van der Waals surface area contributed by atoms with Crippen LogP contribution in [0.4, 0.5) is 11.4 Å². The Morgan fingerprint density at radius 2 is 1.48 bits per heavy atom. The van der Waals surface area contributed by atoms with Crippen molar-refractivity contribution >= 4 is 27.3 Å². The molecule has 0 spiro atoms. The van der Waals surface area contributed by atoms with Crippen LogP contribution in [0.25, 0.3) is 0 Å². The molecule has 0 bridgehead atoms. The number of hydrogen-bond donors (Lipinski definition) is 1. The van der Waals surface area contributed by atoms with Crippen molar-refractivity contribution in [2.45, 2.75) is 25.7 Å². The van der Waals surface area contributed by atoms with E-state index in [9.17, 15) is 13.2 Å². The molecule has 0 aliphatic carbocycles. The number of carbonyl (C=O) groups is 1. The monoisotopic (exact) mass is 438 g/mol. The molecule has 0 aliphatic rings. The number of anilines is 2. The van der Waals surface area contributed by atoms with E-state index in [0.717, 1.165) is 15.4 Å². The summed E-state index contributed by atoms with van der Waals surface area (Å²) in [7, 11) is -4.01. The first-order chi connectivity index (χ1) is 14.8. The van der Waals surface area contributed by atoms with Crippen LogP contribution in [-0.4, -0.2) is 27.5 Å². The van der Waals surface area contributed by atoms with Gasteiger partial charge in [-0.05, 0) is 57.2 Å². The van der Waals surface area contributed by atoms with Crippen molar-refractivity contribution in [2.24, 2.45) is 0 Å². The smallest absolute Gasteiger partial charge is 0.264 e. The normalized spacial score (nSPS) is 11.1. The van der Waals surface area contributed by atoms with Crippen molar-refractivity contribution in [1.82, 2.24) is 0 Å². The Bertz CT molecular complexity index is 1140. The predicted molar refractivity (Wildman–Crippen MR) is 123 cm³/mol. The molecular weight excluding hydrogens is 412 g/mol. The lowest BCUT2D eigenvalue weighted by Crippen LogP contribution is -2.38. The number of carbonyl (C=O) groups excluding carboxylic acids is 1. The summed E-state index contributed by atoms with van der Waals surface area (Å²) in [5.74, 6) is -0.0605. The van der Waals surface area contributed by atoms with Crippen LogP contribution in [0.15, 0.2) is 77.7 Å². The topological polar surface area (TPSA) is 75.7 Å². The second kappa shape index (κ2) is 9.66. The minimum atomic E-state index is -4.01. The molecule has 0 fully saturated rings. The van der Waals surface area contributed by atoms with Crippen molar-refractivity contribution < 1.29 is 17.9 Å². The number of nitrogens with one attached hydrogen (secondary N) is 1. The third-order valence-corrected chi connectivity index (χ3v) is 6.44. The maximum Gasteiger partial charge on any atom is 0.264 e. The summed E-state index contributed by atoms with van der Waals surface area (Å²) in [5.41, 5.74) is 2.91. The fourth-order valence-electron chi connectivity index (χ4n) is 3.05. The van der Waals surface area contributed by atoms with Crippen LogP contribution in [0.5, 0.6) is 5.75 Å². The Kier molecular flexibility index (Phi) is 6.97. The fraction of sp³-hybridized carbons (Fsp3) is 0.208. The van der Waals surface area contributed by atoms with Gasteiger partial charge >= 0.3 is 0 Å². The number of amides is 1. The number of nitrogens with zero attached hydrogens (tertiary/aromatic N) is 1. The number of para-hydroxylation sites is 2. The van der Waals surface area contributed by atoms with E-state index in [1.165, 1.54) is 0 Å². The van der Waals surface area contributed by atoms with Gasteiger partial charge in [-0.2, -0.15) is 0 Å². The van der Waals surface area contributed by atoms with E-state index in [1.807, 2.05) is 32.9 Å². The number of rotatable bonds is 8. The molecule has 0 saturated carbocycles. The Balaban J connectivity index is 1.99. The quantitative estimate of drug-likeness (QED) is 0.560. The molecule has 3 aromatic rings. The number of aryl methyl sites for hydroxylation is 2. The molecule has 0 atom stereocenters. The molecule has 1 N–H and O–H groups in total. The Labute approximate surface area is 183 Å².